The highest BCUT2D eigenvalue weighted by Crippen LogP contribution is 2.21. The number of benzene rings is 3. The third-order valence-corrected chi connectivity index (χ3v) is 3.69. The zero-order chi connectivity index (χ0) is 14.2. The highest BCUT2D eigenvalue weighted by atomic mass is 16.3. The molecule has 0 saturated heterocycles. The van der Waals surface area contributed by atoms with Gasteiger partial charge in [0.15, 0.2) is 0 Å². The predicted octanol–water partition coefficient (Wildman–Crippen LogP) is 3.22. The number of aliphatic hydroxyl groups excluding tert-OH is 1. The average Bonchev–Trinajstić information content (AvgIpc) is 2.56. The van der Waals surface area contributed by atoms with Crippen LogP contribution in [0, 0.1) is 0 Å². The summed E-state index contributed by atoms with van der Waals surface area (Å²) in [6.07, 6.45) is 1.57. The van der Waals surface area contributed by atoms with Crippen LogP contribution in [0.4, 0.5) is 0 Å². The lowest BCUT2D eigenvalue weighted by Gasteiger charge is -2.06. The maximum Gasteiger partial charge on any atom is 0.130 e. The van der Waals surface area contributed by atoms with Crippen LogP contribution < -0.4 is 5.22 Å². The number of aliphatic hydroxyl groups is 1. The number of nitrogens with zero attached hydrogens (tertiary/aromatic N) is 2. The van der Waals surface area contributed by atoms with Crippen LogP contribution in [0.25, 0.3) is 27.6 Å². The van der Waals surface area contributed by atoms with Crippen LogP contribution >= 0.6 is 0 Å². The van der Waals surface area contributed by atoms with Gasteiger partial charge in [0.1, 0.15) is 12.1 Å². The zero-order valence-electron chi connectivity index (χ0n) is 11.2. The second kappa shape index (κ2) is 4.56. The zero-order valence-corrected chi connectivity index (χ0v) is 11.2. The Morgan fingerprint density at radius 1 is 0.762 bits per heavy atom. The first-order valence-corrected chi connectivity index (χ1v) is 6.75. The normalized spacial score (nSPS) is 12.8. The van der Waals surface area contributed by atoms with Crippen molar-refractivity contribution in [3.63, 3.8) is 0 Å². The van der Waals surface area contributed by atoms with Crippen molar-refractivity contribution in [2.45, 2.75) is 0 Å². The van der Waals surface area contributed by atoms with E-state index in [0.29, 0.717) is 0 Å². The molecule has 0 aliphatic heterocycles. The van der Waals surface area contributed by atoms with Gasteiger partial charge in [0, 0.05) is 16.2 Å². The van der Waals surface area contributed by atoms with Crippen molar-refractivity contribution in [1.29, 1.82) is 0 Å². The van der Waals surface area contributed by atoms with E-state index in [-0.39, 0.29) is 5.76 Å². The van der Waals surface area contributed by atoms with E-state index in [2.05, 4.69) is 9.97 Å². The van der Waals surface area contributed by atoms with E-state index < -0.39 is 0 Å². The van der Waals surface area contributed by atoms with E-state index in [1.165, 1.54) is 0 Å². The summed E-state index contributed by atoms with van der Waals surface area (Å²) < 4.78 is 0. The van der Waals surface area contributed by atoms with Crippen LogP contribution in [0.15, 0.2) is 67.0 Å². The number of hydrogen-bond donors (Lipinski definition) is 1. The molecule has 0 bridgehead atoms. The molecule has 4 aromatic rings. The fourth-order valence-corrected chi connectivity index (χ4v) is 2.70. The number of rotatable bonds is 1. The molecule has 3 nitrogen and oxygen atoms in total. The van der Waals surface area contributed by atoms with Crippen molar-refractivity contribution in [1.82, 2.24) is 9.97 Å². The topological polar surface area (TPSA) is 46.0 Å². The van der Waals surface area contributed by atoms with E-state index in [1.807, 2.05) is 60.7 Å². The Morgan fingerprint density at radius 3 is 2.33 bits per heavy atom. The summed E-state index contributed by atoms with van der Waals surface area (Å²) in [5.74, 6) is 0.272. The molecule has 21 heavy (non-hydrogen) atoms. The first-order chi connectivity index (χ1) is 10.3. The third-order valence-electron chi connectivity index (χ3n) is 3.69. The first kappa shape index (κ1) is 11.9. The van der Waals surface area contributed by atoms with E-state index >= 15 is 0 Å². The van der Waals surface area contributed by atoms with Crippen LogP contribution in [0.1, 0.15) is 5.56 Å². The molecule has 1 aromatic heterocycles. The Balaban J connectivity index is 2.18. The van der Waals surface area contributed by atoms with Gasteiger partial charge in [0.25, 0.3) is 0 Å². The molecular weight excluding hydrogens is 260 g/mol. The molecule has 0 atom stereocenters. The lowest BCUT2D eigenvalue weighted by molar-refractivity contribution is 0.508. The van der Waals surface area contributed by atoms with Gasteiger partial charge in [-0.15, -0.1) is 0 Å². The van der Waals surface area contributed by atoms with Crippen LogP contribution in [-0.2, 0) is 0 Å². The van der Waals surface area contributed by atoms with Gasteiger partial charge >= 0.3 is 0 Å². The van der Waals surface area contributed by atoms with Gasteiger partial charge in [0.05, 0.1) is 11.0 Å². The molecule has 0 fully saturated rings. The SMILES string of the molecule is O/C(c1ccccc1)=c1\ccc2ncnc3cccc1c32. The average molecular weight is 272 g/mol. The van der Waals surface area contributed by atoms with Crippen molar-refractivity contribution in [2.24, 2.45) is 0 Å². The fourth-order valence-electron chi connectivity index (χ4n) is 2.70. The molecule has 3 heteroatoms. The Bertz CT molecular complexity index is 971. The molecule has 0 aliphatic rings. The maximum atomic E-state index is 10.6. The van der Waals surface area contributed by atoms with E-state index in [0.717, 1.165) is 32.6 Å². The molecule has 4 rings (SSSR count). The van der Waals surface area contributed by atoms with Gasteiger partial charge in [-0.05, 0) is 23.6 Å². The summed E-state index contributed by atoms with van der Waals surface area (Å²) in [5, 5.41) is 13.4. The summed E-state index contributed by atoms with van der Waals surface area (Å²) >= 11 is 0. The minimum Gasteiger partial charge on any atom is -0.507 e. The largest absolute Gasteiger partial charge is 0.507 e. The quantitative estimate of drug-likeness (QED) is 0.578. The Morgan fingerprint density at radius 2 is 1.52 bits per heavy atom. The monoisotopic (exact) mass is 272 g/mol. The summed E-state index contributed by atoms with van der Waals surface area (Å²) in [5.41, 5.74) is 2.58. The molecule has 1 heterocycles. The maximum absolute atomic E-state index is 10.6. The second-order valence-corrected chi connectivity index (χ2v) is 4.92. The molecule has 3 aromatic carbocycles. The van der Waals surface area contributed by atoms with Gasteiger partial charge in [-0.2, -0.15) is 0 Å². The number of aromatic nitrogens is 2. The van der Waals surface area contributed by atoms with E-state index in [9.17, 15) is 5.11 Å². The summed E-state index contributed by atoms with van der Waals surface area (Å²) in [4.78, 5) is 8.60. The fraction of sp³-hybridized carbons (Fsp3) is 0. The molecule has 0 amide bonds. The highest BCUT2D eigenvalue weighted by Gasteiger charge is 2.08. The van der Waals surface area contributed by atoms with Crippen molar-refractivity contribution >= 4 is 27.6 Å². The smallest absolute Gasteiger partial charge is 0.130 e. The molecule has 0 spiro atoms. The van der Waals surface area contributed by atoms with Gasteiger partial charge < -0.3 is 5.11 Å². The van der Waals surface area contributed by atoms with Crippen molar-refractivity contribution in [3.05, 3.63) is 77.8 Å². The van der Waals surface area contributed by atoms with Gasteiger partial charge in [-0.3, -0.25) is 0 Å². The lowest BCUT2D eigenvalue weighted by atomic mass is 10.0. The summed E-state index contributed by atoms with van der Waals surface area (Å²) in [7, 11) is 0. The van der Waals surface area contributed by atoms with Crippen LogP contribution in [0.2, 0.25) is 0 Å². The van der Waals surface area contributed by atoms with Gasteiger partial charge in [-0.25, -0.2) is 9.97 Å². The Labute approximate surface area is 121 Å². The van der Waals surface area contributed by atoms with Gasteiger partial charge in [0.2, 0.25) is 0 Å². The minimum absolute atomic E-state index is 0.272. The molecule has 1 N–H and O–H groups in total. The summed E-state index contributed by atoms with van der Waals surface area (Å²) in [6, 6.07) is 19.3. The van der Waals surface area contributed by atoms with Crippen LogP contribution in [0.3, 0.4) is 0 Å². The minimum atomic E-state index is 0.272. The van der Waals surface area contributed by atoms with Gasteiger partial charge in [-0.1, -0.05) is 42.5 Å². The molecule has 0 radical (unpaired) electrons. The van der Waals surface area contributed by atoms with E-state index in [4.69, 9.17) is 0 Å². The van der Waals surface area contributed by atoms with Crippen molar-refractivity contribution in [2.75, 3.05) is 0 Å². The molecule has 0 saturated carbocycles. The second-order valence-electron chi connectivity index (χ2n) is 4.92. The molecule has 0 aliphatic carbocycles. The first-order valence-electron chi connectivity index (χ1n) is 6.75. The standard InChI is InChI=1S/C18H12N2O/c21-18(12-5-2-1-3-6-12)14-9-10-16-17-13(14)7-4-8-15(17)19-11-20-16/h1-11,21H/b18-14+. The van der Waals surface area contributed by atoms with Crippen LogP contribution in [-0.4, -0.2) is 15.1 Å². The van der Waals surface area contributed by atoms with Crippen LogP contribution in [0.5, 0.6) is 0 Å². The number of hydrogen-bond acceptors (Lipinski definition) is 3. The third kappa shape index (κ3) is 1.82. The highest BCUT2D eigenvalue weighted by molar-refractivity contribution is 6.07. The van der Waals surface area contributed by atoms with E-state index in [1.54, 1.807) is 6.33 Å². The Hall–Kier alpha value is -2.94. The van der Waals surface area contributed by atoms with Crippen molar-refractivity contribution < 1.29 is 5.11 Å². The summed E-state index contributed by atoms with van der Waals surface area (Å²) in [6.45, 7) is 0. The predicted molar refractivity (Wildman–Crippen MR) is 83.8 cm³/mol. The lowest BCUT2D eigenvalue weighted by Crippen LogP contribution is -2.09. The molecular formula is C18H12N2O. The Kier molecular flexibility index (Phi) is 2.57. The molecule has 100 valence electrons. The van der Waals surface area contributed by atoms with Crippen molar-refractivity contribution in [3.8, 4) is 0 Å². The molecule has 0 unspecified atom stereocenters.